The monoisotopic (exact) mass is 309 g/mol. The molecule has 0 bridgehead atoms. The number of rotatable bonds is 4. The van der Waals surface area contributed by atoms with Gasteiger partial charge in [0.05, 0.1) is 17.3 Å². The van der Waals surface area contributed by atoms with Gasteiger partial charge in [0.15, 0.2) is 0 Å². The third kappa shape index (κ3) is 3.56. The minimum Gasteiger partial charge on any atom is -0.323 e. The molecular formula is C13H16BrN3O. The first-order valence-electron chi connectivity index (χ1n) is 5.75. The van der Waals surface area contributed by atoms with Gasteiger partial charge in [0.1, 0.15) is 6.07 Å². The maximum absolute atomic E-state index is 11.9. The Balaban J connectivity index is 2.88. The average Bonchev–Trinajstić information content (AvgIpc) is 2.37. The van der Waals surface area contributed by atoms with Crippen LogP contribution < -0.4 is 11.1 Å². The maximum atomic E-state index is 11.9. The first-order chi connectivity index (χ1) is 8.49. The van der Waals surface area contributed by atoms with Crippen LogP contribution in [-0.4, -0.2) is 11.9 Å². The number of nitrogens with two attached hydrogens (primary N) is 1. The number of nitrogens with zero attached hydrogens (tertiary/aromatic N) is 1. The smallest absolute Gasteiger partial charge is 0.241 e. The number of hydrogen-bond acceptors (Lipinski definition) is 3. The molecule has 1 aromatic carbocycles. The lowest BCUT2D eigenvalue weighted by Crippen LogP contribution is -2.40. The minimum absolute atomic E-state index is 0.0997. The molecule has 0 saturated carbocycles. The summed E-state index contributed by atoms with van der Waals surface area (Å²) in [7, 11) is 0. The van der Waals surface area contributed by atoms with E-state index in [0.717, 1.165) is 10.9 Å². The van der Waals surface area contributed by atoms with E-state index in [0.29, 0.717) is 11.3 Å². The topological polar surface area (TPSA) is 78.9 Å². The molecule has 2 atom stereocenters. The van der Waals surface area contributed by atoms with E-state index in [1.807, 2.05) is 19.9 Å². The molecule has 0 radical (unpaired) electrons. The maximum Gasteiger partial charge on any atom is 0.241 e. The zero-order valence-electron chi connectivity index (χ0n) is 10.4. The third-order valence-corrected chi connectivity index (χ3v) is 3.41. The summed E-state index contributed by atoms with van der Waals surface area (Å²) in [5.74, 6) is -0.165. The quantitative estimate of drug-likeness (QED) is 0.897. The van der Waals surface area contributed by atoms with Crippen LogP contribution in [0.4, 0.5) is 5.69 Å². The van der Waals surface area contributed by atoms with Crippen molar-refractivity contribution in [3.05, 3.63) is 28.2 Å². The number of amides is 1. The molecule has 3 N–H and O–H groups in total. The van der Waals surface area contributed by atoms with Crippen LogP contribution in [-0.2, 0) is 4.79 Å². The summed E-state index contributed by atoms with van der Waals surface area (Å²) < 4.78 is 0.800. The highest BCUT2D eigenvalue weighted by Gasteiger charge is 2.20. The summed E-state index contributed by atoms with van der Waals surface area (Å²) >= 11 is 3.30. The van der Waals surface area contributed by atoms with Crippen molar-refractivity contribution in [1.82, 2.24) is 0 Å². The number of halogens is 1. The number of nitrogens with one attached hydrogen (secondary N) is 1. The Hall–Kier alpha value is -1.38. The van der Waals surface area contributed by atoms with Gasteiger partial charge in [0.2, 0.25) is 5.91 Å². The molecule has 1 rings (SSSR count). The summed E-state index contributed by atoms with van der Waals surface area (Å²) in [4.78, 5) is 11.9. The molecule has 5 heteroatoms. The number of carbonyl (C=O) groups excluding carboxylic acids is 1. The zero-order valence-corrected chi connectivity index (χ0v) is 12.0. The Kier molecular flexibility index (Phi) is 5.32. The standard InChI is InChI=1S/C13H16BrN3O/c1-3-8(2)12(16)13(18)17-11-6-10(14)5-4-9(11)7-15/h4-6,8,12H,3,16H2,1-2H3,(H,17,18)/t8-,12-/m0/s1. The van der Waals surface area contributed by atoms with Crippen molar-refractivity contribution in [2.75, 3.05) is 5.32 Å². The molecule has 0 aromatic heterocycles. The summed E-state index contributed by atoms with van der Waals surface area (Å²) in [5.41, 5.74) is 6.74. The molecule has 0 fully saturated rings. The molecule has 0 aliphatic carbocycles. The summed E-state index contributed by atoms with van der Waals surface area (Å²) in [6.45, 7) is 3.91. The molecule has 96 valence electrons. The molecule has 1 aromatic rings. The van der Waals surface area contributed by atoms with Crippen LogP contribution in [0.3, 0.4) is 0 Å². The lowest BCUT2D eigenvalue weighted by molar-refractivity contribution is -0.118. The van der Waals surface area contributed by atoms with Gasteiger partial charge < -0.3 is 11.1 Å². The van der Waals surface area contributed by atoms with E-state index in [1.165, 1.54) is 0 Å². The number of carbonyl (C=O) groups is 1. The van der Waals surface area contributed by atoms with Gasteiger partial charge in [0, 0.05) is 4.47 Å². The lowest BCUT2D eigenvalue weighted by Gasteiger charge is -2.18. The molecule has 0 spiro atoms. The van der Waals surface area contributed by atoms with E-state index in [2.05, 4.69) is 21.2 Å². The minimum atomic E-state index is -0.569. The van der Waals surface area contributed by atoms with E-state index in [4.69, 9.17) is 11.0 Å². The Morgan fingerprint density at radius 3 is 2.83 bits per heavy atom. The van der Waals surface area contributed by atoms with E-state index in [1.54, 1.807) is 18.2 Å². The van der Waals surface area contributed by atoms with Crippen molar-refractivity contribution in [3.8, 4) is 6.07 Å². The highest BCUT2D eigenvalue weighted by atomic mass is 79.9. The van der Waals surface area contributed by atoms with Crippen LogP contribution in [0.25, 0.3) is 0 Å². The summed E-state index contributed by atoms with van der Waals surface area (Å²) in [6.07, 6.45) is 0.832. The average molecular weight is 310 g/mol. The van der Waals surface area contributed by atoms with Gasteiger partial charge in [0.25, 0.3) is 0 Å². The number of hydrogen-bond donors (Lipinski definition) is 2. The van der Waals surface area contributed by atoms with E-state index in [9.17, 15) is 4.79 Å². The van der Waals surface area contributed by atoms with Crippen LogP contribution in [0.1, 0.15) is 25.8 Å². The van der Waals surface area contributed by atoms with Gasteiger partial charge in [-0.15, -0.1) is 0 Å². The number of anilines is 1. The van der Waals surface area contributed by atoms with Crippen LogP contribution in [0.15, 0.2) is 22.7 Å². The van der Waals surface area contributed by atoms with Crippen molar-refractivity contribution in [1.29, 1.82) is 5.26 Å². The lowest BCUT2D eigenvalue weighted by atomic mass is 9.99. The van der Waals surface area contributed by atoms with Crippen LogP contribution in [0, 0.1) is 17.2 Å². The first-order valence-corrected chi connectivity index (χ1v) is 6.55. The van der Waals surface area contributed by atoms with Gasteiger partial charge in [-0.2, -0.15) is 5.26 Å². The predicted octanol–water partition coefficient (Wildman–Crippen LogP) is 2.63. The first kappa shape index (κ1) is 14.7. The molecule has 0 aliphatic heterocycles. The van der Waals surface area contributed by atoms with Crippen molar-refractivity contribution in [3.63, 3.8) is 0 Å². The Bertz CT molecular complexity index is 482. The van der Waals surface area contributed by atoms with Gasteiger partial charge in [-0.05, 0) is 24.1 Å². The molecule has 0 aliphatic rings. The second kappa shape index (κ2) is 6.53. The fourth-order valence-corrected chi connectivity index (χ4v) is 1.81. The molecule has 4 nitrogen and oxygen atoms in total. The molecule has 0 heterocycles. The highest BCUT2D eigenvalue weighted by molar-refractivity contribution is 9.10. The summed E-state index contributed by atoms with van der Waals surface area (Å²) in [6, 6.07) is 6.56. The largest absolute Gasteiger partial charge is 0.323 e. The second-order valence-electron chi connectivity index (χ2n) is 4.20. The molecule has 0 unspecified atom stereocenters. The predicted molar refractivity (Wildman–Crippen MR) is 74.9 cm³/mol. The van der Waals surface area contributed by atoms with Crippen LogP contribution >= 0.6 is 15.9 Å². The van der Waals surface area contributed by atoms with Gasteiger partial charge >= 0.3 is 0 Å². The molecule has 0 saturated heterocycles. The molecule has 1 amide bonds. The van der Waals surface area contributed by atoms with Crippen molar-refractivity contribution >= 4 is 27.5 Å². The third-order valence-electron chi connectivity index (χ3n) is 2.92. The number of benzene rings is 1. The van der Waals surface area contributed by atoms with Crippen molar-refractivity contribution in [2.45, 2.75) is 26.3 Å². The van der Waals surface area contributed by atoms with Gasteiger partial charge in [-0.25, -0.2) is 0 Å². The molecular weight excluding hydrogens is 294 g/mol. The zero-order chi connectivity index (χ0) is 13.7. The Morgan fingerprint density at radius 1 is 1.61 bits per heavy atom. The van der Waals surface area contributed by atoms with Gasteiger partial charge in [-0.1, -0.05) is 36.2 Å². The SMILES string of the molecule is CC[C@H](C)[C@H](N)C(=O)Nc1cc(Br)ccc1C#N. The Labute approximate surface area is 115 Å². The van der Waals surface area contributed by atoms with Crippen LogP contribution in [0.2, 0.25) is 0 Å². The van der Waals surface area contributed by atoms with Gasteiger partial charge in [-0.3, -0.25) is 4.79 Å². The van der Waals surface area contributed by atoms with E-state index in [-0.39, 0.29) is 11.8 Å². The fraction of sp³-hybridized carbons (Fsp3) is 0.385. The second-order valence-corrected chi connectivity index (χ2v) is 5.12. The number of nitriles is 1. The van der Waals surface area contributed by atoms with E-state index >= 15 is 0 Å². The normalized spacial score (nSPS) is 13.5. The van der Waals surface area contributed by atoms with Crippen molar-refractivity contribution < 1.29 is 4.79 Å². The molecule has 18 heavy (non-hydrogen) atoms. The summed E-state index contributed by atoms with van der Waals surface area (Å²) in [5, 5.41) is 11.7. The fourth-order valence-electron chi connectivity index (χ4n) is 1.45. The van der Waals surface area contributed by atoms with E-state index < -0.39 is 6.04 Å². The highest BCUT2D eigenvalue weighted by Crippen LogP contribution is 2.21. The van der Waals surface area contributed by atoms with Crippen molar-refractivity contribution in [2.24, 2.45) is 11.7 Å². The Morgan fingerprint density at radius 2 is 2.28 bits per heavy atom. The van der Waals surface area contributed by atoms with Crippen LogP contribution in [0.5, 0.6) is 0 Å².